The van der Waals surface area contributed by atoms with Crippen molar-refractivity contribution < 1.29 is 9.53 Å². The molecule has 0 saturated carbocycles. The molecule has 0 unspecified atom stereocenters. The lowest BCUT2D eigenvalue weighted by atomic mass is 9.86. The van der Waals surface area contributed by atoms with Gasteiger partial charge in [-0.15, -0.1) is 0 Å². The molecule has 2 amide bonds. The summed E-state index contributed by atoms with van der Waals surface area (Å²) in [6.07, 6.45) is 3.40. The molecule has 2 N–H and O–H groups in total. The van der Waals surface area contributed by atoms with E-state index < -0.39 is 5.41 Å². The third kappa shape index (κ3) is 4.90. The predicted octanol–water partition coefficient (Wildman–Crippen LogP) is 4.51. The highest BCUT2D eigenvalue weighted by atomic mass is 16.5. The summed E-state index contributed by atoms with van der Waals surface area (Å²) in [5, 5.41) is 15.7. The first-order valence-electron chi connectivity index (χ1n) is 12.8. The number of imidazole rings is 1. The molecule has 5 rings (SSSR count). The van der Waals surface area contributed by atoms with Crippen LogP contribution in [-0.2, 0) is 17.2 Å². The summed E-state index contributed by atoms with van der Waals surface area (Å²) in [5.74, 6) is 0.420. The van der Waals surface area contributed by atoms with Gasteiger partial charge in [-0.05, 0) is 61.4 Å². The number of rotatable bonds is 7. The van der Waals surface area contributed by atoms with Gasteiger partial charge in [-0.3, -0.25) is 19.4 Å². The molecule has 202 valence electrons. The third-order valence-corrected chi connectivity index (χ3v) is 6.94. The number of hydrogen-bond acceptors (Lipinski definition) is 6. The number of aryl methyl sites for hydroxylation is 1. The lowest BCUT2D eigenvalue weighted by molar-refractivity contribution is 0.198. The van der Waals surface area contributed by atoms with Crippen LogP contribution in [0, 0.1) is 11.3 Å². The largest absolute Gasteiger partial charge is 0.383 e. The van der Waals surface area contributed by atoms with Gasteiger partial charge >= 0.3 is 11.7 Å². The fourth-order valence-electron chi connectivity index (χ4n) is 4.57. The van der Waals surface area contributed by atoms with Crippen LogP contribution in [0.1, 0.15) is 19.4 Å². The number of carbonyl (C=O) groups is 1. The van der Waals surface area contributed by atoms with E-state index in [0.29, 0.717) is 30.2 Å². The second-order valence-corrected chi connectivity index (χ2v) is 9.99. The Balaban J connectivity index is 1.55. The van der Waals surface area contributed by atoms with E-state index in [1.807, 2.05) is 62.4 Å². The first-order chi connectivity index (χ1) is 19.2. The van der Waals surface area contributed by atoms with Crippen molar-refractivity contribution in [2.45, 2.75) is 19.3 Å². The fraction of sp³-hybridized carbons (Fsp3) is 0.233. The molecule has 2 aromatic carbocycles. The molecule has 0 bridgehead atoms. The van der Waals surface area contributed by atoms with Gasteiger partial charge in [-0.1, -0.05) is 18.2 Å². The molecular weight excluding hydrogens is 506 g/mol. The van der Waals surface area contributed by atoms with Crippen LogP contribution in [0.5, 0.6) is 0 Å². The van der Waals surface area contributed by atoms with E-state index in [1.54, 1.807) is 41.8 Å². The second-order valence-electron chi connectivity index (χ2n) is 9.99. The smallest absolute Gasteiger partial charge is 0.333 e. The van der Waals surface area contributed by atoms with Crippen molar-refractivity contribution in [3.05, 3.63) is 83.0 Å². The number of hydrogen-bond donors (Lipinski definition) is 2. The van der Waals surface area contributed by atoms with Gasteiger partial charge in [0.05, 0.1) is 46.5 Å². The van der Waals surface area contributed by atoms with Crippen LogP contribution in [0.4, 0.5) is 10.6 Å². The average Bonchev–Trinajstić information content (AvgIpc) is 3.23. The van der Waals surface area contributed by atoms with Gasteiger partial charge in [0.25, 0.3) is 0 Å². The first-order valence-corrected chi connectivity index (χ1v) is 12.8. The lowest BCUT2D eigenvalue weighted by Gasteiger charge is -2.16. The van der Waals surface area contributed by atoms with Gasteiger partial charge in [0, 0.05) is 37.8 Å². The minimum atomic E-state index is -0.638. The molecule has 5 aromatic rings. The maximum absolute atomic E-state index is 13.4. The quantitative estimate of drug-likeness (QED) is 0.295. The average molecular weight is 536 g/mol. The number of pyridine rings is 2. The molecule has 0 radical (unpaired) electrons. The van der Waals surface area contributed by atoms with Crippen LogP contribution in [-0.4, -0.2) is 45.4 Å². The standard InChI is InChI=1S/C30H29N7O3/c1-30(2,18-31)21-7-9-22(10-8-21)37-27-23-15-19(5-11-24(23)33-17-25(27)36(3)29(37)39)20-6-12-26(34-16-20)35-28(38)32-13-14-40-4/h5-12,15-17H,13-14H2,1-4H3,(H2,32,34,35,38). The number of aromatic nitrogens is 4. The van der Waals surface area contributed by atoms with Crippen LogP contribution in [0.3, 0.4) is 0 Å². The molecule has 0 aliphatic rings. The summed E-state index contributed by atoms with van der Waals surface area (Å²) < 4.78 is 8.20. The number of ether oxygens (including phenoxy) is 1. The SMILES string of the molecule is COCCNC(=O)Nc1ccc(-c2ccc3ncc4c(c3c2)n(-c2ccc(C(C)(C)C#N)cc2)c(=O)n4C)cn1. The van der Waals surface area contributed by atoms with E-state index in [1.165, 1.54) is 0 Å². The highest BCUT2D eigenvalue weighted by Gasteiger charge is 2.21. The fourth-order valence-corrected chi connectivity index (χ4v) is 4.57. The highest BCUT2D eigenvalue weighted by Crippen LogP contribution is 2.30. The maximum Gasteiger partial charge on any atom is 0.333 e. The van der Waals surface area contributed by atoms with Gasteiger partial charge in [-0.2, -0.15) is 5.26 Å². The third-order valence-electron chi connectivity index (χ3n) is 6.94. The van der Waals surface area contributed by atoms with Gasteiger partial charge in [0.1, 0.15) is 5.82 Å². The summed E-state index contributed by atoms with van der Waals surface area (Å²) in [6.45, 7) is 4.54. The highest BCUT2D eigenvalue weighted by molar-refractivity contribution is 6.04. The van der Waals surface area contributed by atoms with Crippen molar-refractivity contribution in [1.82, 2.24) is 24.4 Å². The number of amides is 2. The molecule has 0 saturated heterocycles. The molecule has 0 spiro atoms. The van der Waals surface area contributed by atoms with Crippen molar-refractivity contribution in [3.63, 3.8) is 0 Å². The Hall–Kier alpha value is -5.01. The van der Waals surface area contributed by atoms with Crippen molar-refractivity contribution in [2.75, 3.05) is 25.6 Å². The first kappa shape index (κ1) is 26.6. The minimum absolute atomic E-state index is 0.192. The van der Waals surface area contributed by atoms with Crippen LogP contribution in [0.15, 0.2) is 71.8 Å². The number of nitriles is 1. The number of urea groups is 1. The van der Waals surface area contributed by atoms with E-state index in [0.717, 1.165) is 33.1 Å². The van der Waals surface area contributed by atoms with E-state index in [4.69, 9.17) is 4.74 Å². The Morgan fingerprint density at radius 2 is 1.80 bits per heavy atom. The van der Waals surface area contributed by atoms with E-state index in [9.17, 15) is 14.9 Å². The molecule has 0 aliphatic carbocycles. The van der Waals surface area contributed by atoms with Crippen molar-refractivity contribution >= 4 is 33.8 Å². The van der Waals surface area contributed by atoms with Crippen molar-refractivity contribution in [3.8, 4) is 22.9 Å². The monoisotopic (exact) mass is 535 g/mol. The second kappa shape index (κ2) is 10.6. The van der Waals surface area contributed by atoms with E-state index in [-0.39, 0.29) is 11.7 Å². The van der Waals surface area contributed by atoms with Gasteiger partial charge < -0.3 is 10.1 Å². The van der Waals surface area contributed by atoms with E-state index >= 15 is 0 Å². The number of nitrogens with zero attached hydrogens (tertiary/aromatic N) is 5. The van der Waals surface area contributed by atoms with Gasteiger partial charge in [0.15, 0.2) is 0 Å². The van der Waals surface area contributed by atoms with Crippen molar-refractivity contribution in [2.24, 2.45) is 7.05 Å². The predicted molar refractivity (Wildman–Crippen MR) is 155 cm³/mol. The molecule has 0 fully saturated rings. The number of fused-ring (bicyclic) bond motifs is 3. The number of methoxy groups -OCH3 is 1. The molecule has 10 heteroatoms. The minimum Gasteiger partial charge on any atom is -0.383 e. The van der Waals surface area contributed by atoms with Crippen LogP contribution in [0.2, 0.25) is 0 Å². The molecule has 0 atom stereocenters. The Kier molecular flexibility index (Phi) is 7.07. The molecule has 0 aliphatic heterocycles. The number of anilines is 1. The molecule has 10 nitrogen and oxygen atoms in total. The topological polar surface area (TPSA) is 127 Å². The summed E-state index contributed by atoms with van der Waals surface area (Å²) in [4.78, 5) is 34.4. The Labute approximate surface area is 230 Å². The maximum atomic E-state index is 13.4. The number of carbonyl (C=O) groups excluding carboxylic acids is 1. The molecule has 3 aromatic heterocycles. The Morgan fingerprint density at radius 3 is 2.48 bits per heavy atom. The normalized spacial score (nSPS) is 11.5. The Bertz CT molecular complexity index is 1810. The van der Waals surface area contributed by atoms with Crippen LogP contribution in [0.25, 0.3) is 38.8 Å². The molecular formula is C30H29N7O3. The Morgan fingerprint density at radius 1 is 1.05 bits per heavy atom. The van der Waals surface area contributed by atoms with E-state index in [2.05, 4.69) is 26.7 Å². The zero-order chi connectivity index (χ0) is 28.4. The zero-order valence-electron chi connectivity index (χ0n) is 22.7. The van der Waals surface area contributed by atoms with Crippen LogP contribution >= 0.6 is 0 Å². The number of benzene rings is 2. The van der Waals surface area contributed by atoms with Gasteiger partial charge in [-0.25, -0.2) is 14.6 Å². The van der Waals surface area contributed by atoms with Gasteiger partial charge in [0.2, 0.25) is 0 Å². The summed E-state index contributed by atoms with van der Waals surface area (Å²) >= 11 is 0. The zero-order valence-corrected chi connectivity index (χ0v) is 22.7. The summed E-state index contributed by atoms with van der Waals surface area (Å²) in [6, 6.07) is 18.9. The lowest BCUT2D eigenvalue weighted by Crippen LogP contribution is -2.31. The summed E-state index contributed by atoms with van der Waals surface area (Å²) in [7, 11) is 3.30. The van der Waals surface area contributed by atoms with Crippen LogP contribution < -0.4 is 16.3 Å². The summed E-state index contributed by atoms with van der Waals surface area (Å²) in [5.41, 5.74) is 4.67. The number of nitrogens with one attached hydrogen (secondary N) is 2. The molecule has 3 heterocycles. The van der Waals surface area contributed by atoms with Crippen molar-refractivity contribution in [1.29, 1.82) is 5.26 Å². The molecule has 40 heavy (non-hydrogen) atoms.